The minimum Gasteiger partial charge on any atom is -0.344 e. The topological polar surface area (TPSA) is 6.48 Å². The Morgan fingerprint density at radius 1 is 0.677 bits per heavy atom. The number of hydrogen-bond acceptors (Lipinski definition) is 1. The number of unbranched alkanes of at least 4 members (excludes halogenated alkanes) is 2. The van der Waals surface area contributed by atoms with E-state index in [1.165, 1.54) is 24.0 Å². The van der Waals surface area contributed by atoms with Crippen molar-refractivity contribution in [3.63, 3.8) is 0 Å². The van der Waals surface area contributed by atoms with Gasteiger partial charge in [-0.3, -0.25) is 4.90 Å². The fourth-order valence-corrected chi connectivity index (χ4v) is 4.04. The Morgan fingerprint density at radius 2 is 1.26 bits per heavy atom. The van der Waals surface area contributed by atoms with Crippen molar-refractivity contribution in [3.05, 3.63) is 96.1 Å². The standard InChI is InChI=1S/C28H34N2S/c1-3-5-13-24-18-20-27(21-19-24)30(26-16-11-8-12-17-26)28(31)29(22-6-4-2)23-25-14-9-7-10-15-25/h7-12,14-21H,3-6,13,22-23H2,1-2H3. The first kappa shape index (κ1) is 23.0. The highest BCUT2D eigenvalue weighted by Crippen LogP contribution is 2.28. The van der Waals surface area contributed by atoms with E-state index in [0.717, 1.165) is 48.8 Å². The zero-order valence-corrected chi connectivity index (χ0v) is 19.7. The van der Waals surface area contributed by atoms with Crippen LogP contribution in [0.5, 0.6) is 0 Å². The molecule has 0 aliphatic rings. The first-order valence-corrected chi connectivity index (χ1v) is 11.9. The maximum Gasteiger partial charge on any atom is 0.181 e. The van der Waals surface area contributed by atoms with Crippen molar-refractivity contribution >= 4 is 28.7 Å². The molecule has 2 nitrogen and oxygen atoms in total. The van der Waals surface area contributed by atoms with Crippen LogP contribution in [0.2, 0.25) is 0 Å². The monoisotopic (exact) mass is 430 g/mol. The largest absolute Gasteiger partial charge is 0.344 e. The average Bonchev–Trinajstić information content (AvgIpc) is 2.82. The molecule has 0 bridgehead atoms. The summed E-state index contributed by atoms with van der Waals surface area (Å²) in [6, 6.07) is 30.0. The Labute approximate surface area is 193 Å². The van der Waals surface area contributed by atoms with Gasteiger partial charge in [0.1, 0.15) is 0 Å². The summed E-state index contributed by atoms with van der Waals surface area (Å²) in [4.78, 5) is 4.56. The minimum atomic E-state index is 0.817. The summed E-state index contributed by atoms with van der Waals surface area (Å²) in [5.74, 6) is 0. The van der Waals surface area contributed by atoms with Crippen LogP contribution in [-0.2, 0) is 13.0 Å². The van der Waals surface area contributed by atoms with Gasteiger partial charge in [0.2, 0.25) is 0 Å². The van der Waals surface area contributed by atoms with Gasteiger partial charge in [-0.1, -0.05) is 87.4 Å². The number of para-hydroxylation sites is 1. The van der Waals surface area contributed by atoms with Gasteiger partial charge in [-0.25, -0.2) is 0 Å². The molecule has 0 amide bonds. The number of hydrogen-bond donors (Lipinski definition) is 0. The summed E-state index contributed by atoms with van der Waals surface area (Å²) in [6.07, 6.45) is 5.83. The van der Waals surface area contributed by atoms with E-state index in [-0.39, 0.29) is 0 Å². The molecule has 0 aromatic heterocycles. The van der Waals surface area contributed by atoms with Gasteiger partial charge in [0.25, 0.3) is 0 Å². The van der Waals surface area contributed by atoms with Crippen molar-refractivity contribution in [2.24, 2.45) is 0 Å². The molecule has 31 heavy (non-hydrogen) atoms. The number of rotatable bonds is 10. The van der Waals surface area contributed by atoms with Crippen molar-refractivity contribution in [2.75, 3.05) is 11.4 Å². The molecule has 0 atom stereocenters. The summed E-state index contributed by atoms with van der Waals surface area (Å²) in [7, 11) is 0. The van der Waals surface area contributed by atoms with Crippen LogP contribution in [0, 0.1) is 0 Å². The minimum absolute atomic E-state index is 0.817. The lowest BCUT2D eigenvalue weighted by atomic mass is 10.1. The smallest absolute Gasteiger partial charge is 0.181 e. The average molecular weight is 431 g/mol. The molecule has 0 aliphatic carbocycles. The zero-order valence-electron chi connectivity index (χ0n) is 18.8. The number of thiocarbonyl (C=S) groups is 1. The van der Waals surface area contributed by atoms with Gasteiger partial charge in [-0.2, -0.15) is 0 Å². The van der Waals surface area contributed by atoms with Gasteiger partial charge >= 0.3 is 0 Å². The maximum absolute atomic E-state index is 6.13. The van der Waals surface area contributed by atoms with Crippen molar-refractivity contribution in [1.82, 2.24) is 4.90 Å². The summed E-state index contributed by atoms with van der Waals surface area (Å²) in [5, 5.41) is 0.852. The molecule has 3 heteroatoms. The van der Waals surface area contributed by atoms with E-state index < -0.39 is 0 Å². The van der Waals surface area contributed by atoms with E-state index in [1.54, 1.807) is 0 Å². The third-order valence-corrected chi connectivity index (χ3v) is 5.93. The van der Waals surface area contributed by atoms with Gasteiger partial charge in [0.15, 0.2) is 5.11 Å². The Kier molecular flexibility index (Phi) is 9.11. The molecule has 162 valence electrons. The third-order valence-electron chi connectivity index (χ3n) is 5.49. The molecular weight excluding hydrogens is 396 g/mol. The quantitative estimate of drug-likeness (QED) is 0.304. The Hall–Kier alpha value is -2.65. The van der Waals surface area contributed by atoms with E-state index in [0.29, 0.717) is 0 Å². The molecule has 0 unspecified atom stereocenters. The summed E-state index contributed by atoms with van der Waals surface area (Å²) in [5.41, 5.74) is 4.88. The Balaban J connectivity index is 1.91. The van der Waals surface area contributed by atoms with E-state index >= 15 is 0 Å². The normalized spacial score (nSPS) is 10.6. The predicted octanol–water partition coefficient (Wildman–Crippen LogP) is 7.75. The van der Waals surface area contributed by atoms with E-state index in [2.05, 4.69) is 109 Å². The second-order valence-electron chi connectivity index (χ2n) is 7.98. The van der Waals surface area contributed by atoms with Gasteiger partial charge in [-0.05, 0) is 66.9 Å². The lowest BCUT2D eigenvalue weighted by Crippen LogP contribution is -2.40. The van der Waals surface area contributed by atoms with Crippen LogP contribution < -0.4 is 4.90 Å². The molecule has 0 saturated carbocycles. The highest BCUT2D eigenvalue weighted by molar-refractivity contribution is 7.80. The lowest BCUT2D eigenvalue weighted by molar-refractivity contribution is 0.404. The molecule has 3 aromatic rings. The lowest BCUT2D eigenvalue weighted by Gasteiger charge is -2.34. The number of nitrogens with zero attached hydrogens (tertiary/aromatic N) is 2. The van der Waals surface area contributed by atoms with Crippen LogP contribution in [0.1, 0.15) is 50.7 Å². The van der Waals surface area contributed by atoms with Gasteiger partial charge in [0, 0.05) is 24.5 Å². The first-order chi connectivity index (χ1) is 15.2. The first-order valence-electron chi connectivity index (χ1n) is 11.5. The number of benzene rings is 3. The highest BCUT2D eigenvalue weighted by atomic mass is 32.1. The van der Waals surface area contributed by atoms with Crippen LogP contribution in [0.25, 0.3) is 0 Å². The number of anilines is 2. The molecule has 3 rings (SSSR count). The molecule has 0 N–H and O–H groups in total. The molecule has 3 aromatic carbocycles. The second kappa shape index (κ2) is 12.3. The van der Waals surface area contributed by atoms with Crippen molar-refractivity contribution in [1.29, 1.82) is 0 Å². The SMILES string of the molecule is CCCCc1ccc(N(C(=S)N(CCCC)Cc2ccccc2)c2ccccc2)cc1. The predicted molar refractivity (Wildman–Crippen MR) is 138 cm³/mol. The van der Waals surface area contributed by atoms with Crippen LogP contribution >= 0.6 is 12.2 Å². The zero-order chi connectivity index (χ0) is 21.9. The van der Waals surface area contributed by atoms with Crippen molar-refractivity contribution in [2.45, 2.75) is 52.5 Å². The fraction of sp³-hybridized carbons (Fsp3) is 0.321. The fourth-order valence-electron chi connectivity index (χ4n) is 3.68. The molecule has 0 saturated heterocycles. The molecule has 0 aliphatic heterocycles. The Morgan fingerprint density at radius 3 is 1.87 bits per heavy atom. The van der Waals surface area contributed by atoms with Gasteiger partial charge in [0.05, 0.1) is 0 Å². The van der Waals surface area contributed by atoms with E-state index in [1.807, 2.05) is 0 Å². The second-order valence-corrected chi connectivity index (χ2v) is 8.35. The van der Waals surface area contributed by atoms with Crippen LogP contribution in [0.15, 0.2) is 84.9 Å². The number of aryl methyl sites for hydroxylation is 1. The molecule has 0 fully saturated rings. The van der Waals surface area contributed by atoms with E-state index in [9.17, 15) is 0 Å². The van der Waals surface area contributed by atoms with Crippen LogP contribution in [-0.4, -0.2) is 16.6 Å². The van der Waals surface area contributed by atoms with Crippen LogP contribution in [0.3, 0.4) is 0 Å². The summed E-state index contributed by atoms with van der Waals surface area (Å²) in [6.45, 7) is 6.23. The maximum atomic E-state index is 6.13. The Bertz CT molecular complexity index is 907. The van der Waals surface area contributed by atoms with Gasteiger partial charge in [-0.15, -0.1) is 0 Å². The van der Waals surface area contributed by atoms with Crippen molar-refractivity contribution < 1.29 is 0 Å². The van der Waals surface area contributed by atoms with Crippen molar-refractivity contribution in [3.8, 4) is 0 Å². The highest BCUT2D eigenvalue weighted by Gasteiger charge is 2.20. The summed E-state index contributed by atoms with van der Waals surface area (Å²) < 4.78 is 0. The van der Waals surface area contributed by atoms with E-state index in [4.69, 9.17) is 12.2 Å². The molecular formula is C28H34N2S. The summed E-state index contributed by atoms with van der Waals surface area (Å²) >= 11 is 6.13. The molecule has 0 heterocycles. The molecule has 0 spiro atoms. The molecule has 0 radical (unpaired) electrons. The van der Waals surface area contributed by atoms with Gasteiger partial charge < -0.3 is 4.90 Å². The van der Waals surface area contributed by atoms with Crippen LogP contribution in [0.4, 0.5) is 11.4 Å². The third kappa shape index (κ3) is 6.67.